The Kier molecular flexibility index (Phi) is 4.13. The third kappa shape index (κ3) is 3.49. The summed E-state index contributed by atoms with van der Waals surface area (Å²) >= 11 is 1.58. The van der Waals surface area contributed by atoms with E-state index in [9.17, 15) is 4.79 Å². The standard InChI is InChI=1S/C19H20N4OS/c1-14-20-7-9-23(14)13-19(5-6-19)12-22-17(24)15-3-2-4-16(11-15)18-21-8-10-25-18/h2-4,7-11H,5-6,12-13H2,1H3,(H,22,24). The summed E-state index contributed by atoms with van der Waals surface area (Å²) in [5.41, 5.74) is 1.84. The number of carbonyl (C=O) groups excluding carboxylic acids is 1. The molecule has 2 heterocycles. The molecule has 0 saturated heterocycles. The smallest absolute Gasteiger partial charge is 0.251 e. The van der Waals surface area contributed by atoms with Gasteiger partial charge in [-0.1, -0.05) is 12.1 Å². The van der Waals surface area contributed by atoms with Crippen LogP contribution in [0.15, 0.2) is 48.2 Å². The monoisotopic (exact) mass is 352 g/mol. The van der Waals surface area contributed by atoms with Gasteiger partial charge in [0.1, 0.15) is 10.8 Å². The zero-order valence-corrected chi connectivity index (χ0v) is 14.9. The van der Waals surface area contributed by atoms with Crippen molar-refractivity contribution in [2.75, 3.05) is 6.54 Å². The molecule has 0 bridgehead atoms. The molecule has 0 unspecified atom stereocenters. The third-order valence-electron chi connectivity index (χ3n) is 4.81. The summed E-state index contributed by atoms with van der Waals surface area (Å²) in [4.78, 5) is 21.1. The summed E-state index contributed by atoms with van der Waals surface area (Å²) in [6, 6.07) is 7.66. The van der Waals surface area contributed by atoms with Gasteiger partial charge in [0.15, 0.2) is 0 Å². The number of nitrogens with one attached hydrogen (secondary N) is 1. The van der Waals surface area contributed by atoms with E-state index in [-0.39, 0.29) is 11.3 Å². The molecule has 0 radical (unpaired) electrons. The number of aromatic nitrogens is 3. The van der Waals surface area contributed by atoms with Crippen molar-refractivity contribution < 1.29 is 4.79 Å². The number of rotatable bonds is 6. The Morgan fingerprint density at radius 2 is 2.20 bits per heavy atom. The van der Waals surface area contributed by atoms with Crippen molar-refractivity contribution in [3.8, 4) is 10.6 Å². The molecule has 6 heteroatoms. The van der Waals surface area contributed by atoms with Crippen LogP contribution in [0.4, 0.5) is 0 Å². The molecule has 5 nitrogen and oxygen atoms in total. The molecule has 0 atom stereocenters. The number of hydrogen-bond acceptors (Lipinski definition) is 4. The van der Waals surface area contributed by atoms with Gasteiger partial charge < -0.3 is 9.88 Å². The van der Waals surface area contributed by atoms with Crippen LogP contribution in [0.25, 0.3) is 10.6 Å². The predicted molar refractivity (Wildman–Crippen MR) is 98.5 cm³/mol. The molecule has 3 aromatic rings. The van der Waals surface area contributed by atoms with Crippen molar-refractivity contribution in [2.45, 2.75) is 26.3 Å². The molecule has 1 fully saturated rings. The number of amides is 1. The number of aryl methyl sites for hydroxylation is 1. The maximum Gasteiger partial charge on any atom is 0.251 e. The highest BCUT2D eigenvalue weighted by molar-refractivity contribution is 7.13. The van der Waals surface area contributed by atoms with Gasteiger partial charge in [-0.05, 0) is 31.9 Å². The molecule has 128 valence electrons. The molecule has 1 aliphatic rings. The van der Waals surface area contributed by atoms with Gasteiger partial charge in [0.25, 0.3) is 5.91 Å². The SMILES string of the molecule is Cc1nccn1CC1(CNC(=O)c2cccc(-c3nccs3)c2)CC1. The molecule has 25 heavy (non-hydrogen) atoms. The number of nitrogens with zero attached hydrogens (tertiary/aromatic N) is 3. The molecule has 1 saturated carbocycles. The summed E-state index contributed by atoms with van der Waals surface area (Å²) in [7, 11) is 0. The van der Waals surface area contributed by atoms with Crippen LogP contribution < -0.4 is 5.32 Å². The zero-order chi connectivity index (χ0) is 17.3. The van der Waals surface area contributed by atoms with Crippen molar-refractivity contribution in [2.24, 2.45) is 5.41 Å². The first kappa shape index (κ1) is 16.0. The first-order chi connectivity index (χ1) is 12.2. The summed E-state index contributed by atoms with van der Waals surface area (Å²) in [5.74, 6) is 1.00. The average Bonchev–Trinajstić information content (AvgIpc) is 3.00. The van der Waals surface area contributed by atoms with Gasteiger partial charge in [0.2, 0.25) is 0 Å². The molecular formula is C19H20N4OS. The summed E-state index contributed by atoms with van der Waals surface area (Å²) < 4.78 is 2.17. The lowest BCUT2D eigenvalue weighted by molar-refractivity contribution is 0.0943. The Balaban J connectivity index is 1.41. The van der Waals surface area contributed by atoms with Crippen LogP contribution in [-0.2, 0) is 6.54 Å². The fraction of sp³-hybridized carbons (Fsp3) is 0.316. The number of imidazole rings is 1. The summed E-state index contributed by atoms with van der Waals surface area (Å²) in [6.07, 6.45) is 7.90. The number of benzene rings is 1. The number of hydrogen-bond donors (Lipinski definition) is 1. The normalized spacial score (nSPS) is 15.1. The molecule has 1 N–H and O–H groups in total. The van der Waals surface area contributed by atoms with Crippen molar-refractivity contribution in [1.29, 1.82) is 0 Å². The van der Waals surface area contributed by atoms with Crippen LogP contribution in [0, 0.1) is 12.3 Å². The van der Waals surface area contributed by atoms with Crippen molar-refractivity contribution in [3.63, 3.8) is 0 Å². The van der Waals surface area contributed by atoms with Crippen LogP contribution >= 0.6 is 11.3 Å². The Morgan fingerprint density at radius 1 is 1.32 bits per heavy atom. The maximum atomic E-state index is 12.6. The summed E-state index contributed by atoms with van der Waals surface area (Å²) in [5, 5.41) is 5.99. The minimum Gasteiger partial charge on any atom is -0.351 e. The van der Waals surface area contributed by atoms with E-state index >= 15 is 0 Å². The highest BCUT2D eigenvalue weighted by atomic mass is 32.1. The Bertz CT molecular complexity index is 880. The topological polar surface area (TPSA) is 59.8 Å². The fourth-order valence-corrected chi connectivity index (χ4v) is 3.66. The van der Waals surface area contributed by atoms with Gasteiger partial charge in [-0.25, -0.2) is 9.97 Å². The third-order valence-corrected chi connectivity index (χ3v) is 5.64. The van der Waals surface area contributed by atoms with Crippen LogP contribution in [0.1, 0.15) is 29.0 Å². The largest absolute Gasteiger partial charge is 0.351 e. The average molecular weight is 352 g/mol. The lowest BCUT2D eigenvalue weighted by atomic mass is 10.1. The summed E-state index contributed by atoms with van der Waals surface area (Å²) in [6.45, 7) is 3.63. The van der Waals surface area contributed by atoms with Crippen molar-refractivity contribution in [1.82, 2.24) is 19.9 Å². The lowest BCUT2D eigenvalue weighted by Crippen LogP contribution is -2.32. The highest BCUT2D eigenvalue weighted by Gasteiger charge is 2.43. The molecule has 1 amide bonds. The van der Waals surface area contributed by atoms with Gasteiger partial charge in [-0.15, -0.1) is 11.3 Å². The number of thiazole rings is 1. The van der Waals surface area contributed by atoms with Crippen molar-refractivity contribution in [3.05, 3.63) is 59.6 Å². The van der Waals surface area contributed by atoms with Crippen LogP contribution in [-0.4, -0.2) is 27.0 Å². The van der Waals surface area contributed by atoms with Gasteiger partial charge in [-0.3, -0.25) is 4.79 Å². The molecule has 0 aliphatic heterocycles. The van der Waals surface area contributed by atoms with Crippen LogP contribution in [0.5, 0.6) is 0 Å². The second kappa shape index (κ2) is 6.44. The minimum absolute atomic E-state index is 0.0213. The first-order valence-electron chi connectivity index (χ1n) is 8.41. The lowest BCUT2D eigenvalue weighted by Gasteiger charge is -2.18. The van der Waals surface area contributed by atoms with E-state index in [1.807, 2.05) is 49.0 Å². The minimum atomic E-state index is -0.0213. The second-order valence-corrected chi connectivity index (χ2v) is 7.60. The van der Waals surface area contributed by atoms with Crippen LogP contribution in [0.3, 0.4) is 0 Å². The van der Waals surface area contributed by atoms with Crippen molar-refractivity contribution >= 4 is 17.2 Å². The number of carbonyl (C=O) groups is 1. The van der Waals surface area contributed by atoms with E-state index < -0.39 is 0 Å². The van der Waals surface area contributed by atoms with E-state index in [0.29, 0.717) is 12.1 Å². The van der Waals surface area contributed by atoms with E-state index in [1.54, 1.807) is 17.5 Å². The van der Waals surface area contributed by atoms with Gasteiger partial charge in [-0.2, -0.15) is 0 Å². The Labute approximate surface area is 150 Å². The van der Waals surface area contributed by atoms with Crippen LogP contribution in [0.2, 0.25) is 0 Å². The van der Waals surface area contributed by atoms with Gasteiger partial charge in [0.05, 0.1) is 0 Å². The maximum absolute atomic E-state index is 12.6. The fourth-order valence-electron chi connectivity index (χ4n) is 3.03. The Hall–Kier alpha value is -2.47. The first-order valence-corrected chi connectivity index (χ1v) is 9.29. The Morgan fingerprint density at radius 3 is 2.88 bits per heavy atom. The highest BCUT2D eigenvalue weighted by Crippen LogP contribution is 2.46. The van der Waals surface area contributed by atoms with E-state index in [2.05, 4.69) is 19.9 Å². The van der Waals surface area contributed by atoms with Gasteiger partial charge >= 0.3 is 0 Å². The molecular weight excluding hydrogens is 332 g/mol. The molecule has 2 aromatic heterocycles. The van der Waals surface area contributed by atoms with E-state index in [4.69, 9.17) is 0 Å². The quantitative estimate of drug-likeness (QED) is 0.738. The molecule has 0 spiro atoms. The second-order valence-electron chi connectivity index (χ2n) is 6.70. The zero-order valence-electron chi connectivity index (χ0n) is 14.1. The molecule has 1 aliphatic carbocycles. The van der Waals surface area contributed by atoms with E-state index in [1.165, 1.54) is 0 Å². The predicted octanol–water partition coefficient (Wildman–Crippen LogP) is 3.53. The van der Waals surface area contributed by atoms with Gasteiger partial charge in [0, 0.05) is 53.6 Å². The molecule has 4 rings (SSSR count). The molecule has 1 aromatic carbocycles. The van der Waals surface area contributed by atoms with E-state index in [0.717, 1.165) is 35.8 Å².